The van der Waals surface area contributed by atoms with Gasteiger partial charge in [0.15, 0.2) is 0 Å². The minimum absolute atomic E-state index is 0.919. The fourth-order valence-corrected chi connectivity index (χ4v) is 7.13. The van der Waals surface area contributed by atoms with Crippen LogP contribution in [0.2, 0.25) is 0 Å². The lowest BCUT2D eigenvalue weighted by molar-refractivity contribution is 0.425. The monoisotopic (exact) mass is 350 g/mol. The van der Waals surface area contributed by atoms with E-state index in [0.29, 0.717) is 0 Å². The Hall–Kier alpha value is -0.780. The Kier molecular flexibility index (Phi) is 5.12. The summed E-state index contributed by atoms with van der Waals surface area (Å²) in [6.45, 7) is 0. The Morgan fingerprint density at radius 3 is 0.962 bits per heavy atom. The van der Waals surface area contributed by atoms with E-state index >= 15 is 0 Å². The quantitative estimate of drug-likeness (QED) is 0.517. The summed E-state index contributed by atoms with van der Waals surface area (Å²) in [5.41, 5.74) is 11.5. The zero-order chi connectivity index (χ0) is 17.3. The van der Waals surface area contributed by atoms with Crippen LogP contribution in [0.1, 0.15) is 135 Å². The van der Waals surface area contributed by atoms with E-state index in [1.165, 1.54) is 116 Å². The molecule has 2 saturated carbocycles. The number of benzene rings is 1. The first-order valence-corrected chi connectivity index (χ1v) is 12.1. The van der Waals surface area contributed by atoms with Crippen LogP contribution in [0.4, 0.5) is 0 Å². The summed E-state index contributed by atoms with van der Waals surface area (Å²) in [5.74, 6) is 1.84. The summed E-state index contributed by atoms with van der Waals surface area (Å²) in [6.07, 6.45) is 26.3. The van der Waals surface area contributed by atoms with Gasteiger partial charge in [0.05, 0.1) is 0 Å². The molecule has 0 heteroatoms. The summed E-state index contributed by atoms with van der Waals surface area (Å²) in [7, 11) is 0. The normalized spacial score (nSPS) is 24.9. The number of rotatable bonds is 2. The topological polar surface area (TPSA) is 0 Å². The smallest absolute Gasteiger partial charge is 0.0156 e. The lowest BCUT2D eigenvalue weighted by Gasteiger charge is -2.38. The van der Waals surface area contributed by atoms with Gasteiger partial charge in [0, 0.05) is 0 Å². The summed E-state index contributed by atoms with van der Waals surface area (Å²) in [5, 5.41) is 0. The number of hydrogen-bond donors (Lipinski definition) is 0. The van der Waals surface area contributed by atoms with E-state index in [-0.39, 0.29) is 0 Å². The Balaban J connectivity index is 1.68. The van der Waals surface area contributed by atoms with Gasteiger partial charge in [-0.05, 0) is 122 Å². The third kappa shape index (κ3) is 3.06. The van der Waals surface area contributed by atoms with Crippen molar-refractivity contribution in [2.45, 2.75) is 127 Å². The fraction of sp³-hybridized carbons (Fsp3) is 0.769. The largest absolute Gasteiger partial charge is 0.0533 e. The maximum absolute atomic E-state index is 1.94. The molecule has 0 amide bonds. The average molecular weight is 351 g/mol. The predicted octanol–water partition coefficient (Wildman–Crippen LogP) is 7.54. The summed E-state index contributed by atoms with van der Waals surface area (Å²) in [6, 6.07) is 0. The second kappa shape index (κ2) is 7.69. The summed E-state index contributed by atoms with van der Waals surface area (Å²) < 4.78 is 0. The van der Waals surface area contributed by atoms with Crippen LogP contribution in [-0.4, -0.2) is 0 Å². The molecule has 26 heavy (non-hydrogen) atoms. The SMILES string of the molecule is C1CCC(c2c3c(c(C4CCCCC4)c4c2CCCC4)CCCC3)CC1. The van der Waals surface area contributed by atoms with Crippen LogP contribution in [0.3, 0.4) is 0 Å². The highest BCUT2D eigenvalue weighted by molar-refractivity contribution is 5.56. The van der Waals surface area contributed by atoms with Crippen LogP contribution in [0.15, 0.2) is 0 Å². The van der Waals surface area contributed by atoms with Crippen LogP contribution < -0.4 is 0 Å². The molecule has 142 valence electrons. The third-order valence-corrected chi connectivity index (χ3v) is 8.26. The highest BCUT2D eigenvalue weighted by Gasteiger charge is 2.33. The molecule has 4 aliphatic carbocycles. The Labute approximate surface area is 161 Å². The molecular weight excluding hydrogens is 312 g/mol. The molecule has 0 N–H and O–H groups in total. The van der Waals surface area contributed by atoms with Gasteiger partial charge in [0.2, 0.25) is 0 Å². The van der Waals surface area contributed by atoms with Crippen LogP contribution in [-0.2, 0) is 25.7 Å². The van der Waals surface area contributed by atoms with Crippen LogP contribution >= 0.6 is 0 Å². The molecule has 1 aromatic carbocycles. The van der Waals surface area contributed by atoms with Crippen LogP contribution in [0, 0.1) is 0 Å². The van der Waals surface area contributed by atoms with E-state index in [2.05, 4.69) is 0 Å². The first kappa shape index (κ1) is 17.3. The van der Waals surface area contributed by atoms with E-state index in [1.54, 1.807) is 0 Å². The van der Waals surface area contributed by atoms with Crippen molar-refractivity contribution in [1.82, 2.24) is 0 Å². The number of hydrogen-bond acceptors (Lipinski definition) is 0. The second-order valence-corrected chi connectivity index (χ2v) is 9.83. The van der Waals surface area contributed by atoms with E-state index in [4.69, 9.17) is 0 Å². The molecule has 5 rings (SSSR count). The maximum Gasteiger partial charge on any atom is -0.0156 e. The zero-order valence-electron chi connectivity index (χ0n) is 16.9. The first-order valence-electron chi connectivity index (χ1n) is 12.1. The van der Waals surface area contributed by atoms with Crippen molar-refractivity contribution in [3.63, 3.8) is 0 Å². The van der Waals surface area contributed by atoms with Crippen LogP contribution in [0.5, 0.6) is 0 Å². The van der Waals surface area contributed by atoms with Crippen molar-refractivity contribution < 1.29 is 0 Å². The molecule has 0 unspecified atom stereocenters. The lowest BCUT2D eigenvalue weighted by Crippen LogP contribution is -2.23. The molecule has 0 bridgehead atoms. The molecule has 0 nitrogen and oxygen atoms in total. The molecule has 0 heterocycles. The molecule has 0 aliphatic heterocycles. The minimum atomic E-state index is 0.919. The van der Waals surface area contributed by atoms with Gasteiger partial charge < -0.3 is 0 Å². The zero-order valence-corrected chi connectivity index (χ0v) is 16.9. The fourth-order valence-electron chi connectivity index (χ4n) is 7.13. The molecule has 0 atom stereocenters. The van der Waals surface area contributed by atoms with Gasteiger partial charge in [0.25, 0.3) is 0 Å². The second-order valence-electron chi connectivity index (χ2n) is 9.83. The Morgan fingerprint density at radius 2 is 0.654 bits per heavy atom. The third-order valence-electron chi connectivity index (χ3n) is 8.26. The molecule has 0 spiro atoms. The molecule has 0 saturated heterocycles. The number of fused-ring (bicyclic) bond motifs is 2. The first-order chi connectivity index (χ1) is 12.9. The minimum Gasteiger partial charge on any atom is -0.0533 e. The van der Waals surface area contributed by atoms with Crippen molar-refractivity contribution in [2.24, 2.45) is 0 Å². The van der Waals surface area contributed by atoms with Gasteiger partial charge >= 0.3 is 0 Å². The highest BCUT2D eigenvalue weighted by atomic mass is 14.4. The van der Waals surface area contributed by atoms with Crippen molar-refractivity contribution in [1.29, 1.82) is 0 Å². The van der Waals surface area contributed by atoms with Gasteiger partial charge in [-0.3, -0.25) is 0 Å². The van der Waals surface area contributed by atoms with E-state index < -0.39 is 0 Å². The molecule has 0 radical (unpaired) electrons. The maximum atomic E-state index is 1.94. The van der Waals surface area contributed by atoms with Gasteiger partial charge in [-0.2, -0.15) is 0 Å². The van der Waals surface area contributed by atoms with E-state index in [1.807, 2.05) is 33.4 Å². The lowest BCUT2D eigenvalue weighted by atomic mass is 9.67. The van der Waals surface area contributed by atoms with E-state index in [9.17, 15) is 0 Å². The van der Waals surface area contributed by atoms with Crippen molar-refractivity contribution >= 4 is 0 Å². The van der Waals surface area contributed by atoms with Crippen molar-refractivity contribution in [2.75, 3.05) is 0 Å². The van der Waals surface area contributed by atoms with Crippen molar-refractivity contribution in [3.05, 3.63) is 33.4 Å². The Morgan fingerprint density at radius 1 is 0.346 bits per heavy atom. The standard InChI is InChI=1S/C26H38/c1-3-11-19(12-4-1)25-21-15-7-9-17-23(21)26(20-13-5-2-6-14-20)24-18-10-8-16-22(24)25/h19-20H,1-18H2. The van der Waals surface area contributed by atoms with Gasteiger partial charge in [0.1, 0.15) is 0 Å². The summed E-state index contributed by atoms with van der Waals surface area (Å²) >= 11 is 0. The molecular formula is C26H38. The predicted molar refractivity (Wildman–Crippen MR) is 111 cm³/mol. The van der Waals surface area contributed by atoms with E-state index in [0.717, 1.165) is 11.8 Å². The highest BCUT2D eigenvalue weighted by Crippen LogP contribution is 2.48. The Bertz CT molecular complexity index is 546. The van der Waals surface area contributed by atoms with Gasteiger partial charge in [-0.25, -0.2) is 0 Å². The van der Waals surface area contributed by atoms with Crippen LogP contribution in [0.25, 0.3) is 0 Å². The molecule has 4 aliphatic rings. The van der Waals surface area contributed by atoms with Crippen molar-refractivity contribution in [3.8, 4) is 0 Å². The molecule has 1 aromatic rings. The average Bonchev–Trinajstić information content (AvgIpc) is 2.73. The van der Waals surface area contributed by atoms with Gasteiger partial charge in [-0.1, -0.05) is 38.5 Å². The molecule has 0 aromatic heterocycles. The summed E-state index contributed by atoms with van der Waals surface area (Å²) in [4.78, 5) is 0. The molecule has 2 fully saturated rings. The van der Waals surface area contributed by atoms with Gasteiger partial charge in [-0.15, -0.1) is 0 Å².